The zero-order valence-electron chi connectivity index (χ0n) is 18.7. The minimum atomic E-state index is -0.332. The molecule has 1 heterocycles. The van der Waals surface area contributed by atoms with E-state index in [1.54, 1.807) is 0 Å². The Morgan fingerprint density at radius 3 is 1.97 bits per heavy atom. The van der Waals surface area contributed by atoms with Gasteiger partial charge in [-0.1, -0.05) is 74.5 Å². The second kappa shape index (κ2) is 6.90. The number of carbonyl (C=O) groups excluding carboxylic acids is 2. The molecule has 3 aromatic rings. The standard InChI is InChI=1S/C29H27NO2/c1-4-16(2)18-13-14-21-22(15-18)25-20-11-7-6-10-19(20)24(21)26-27(25)29(32)30(28(26)31)23-12-8-5-9-17(23)3/h5-16,24-27H,4H2,1-3H3/t16-,24-,25-,26-,27+/m0/s1. The first-order valence-electron chi connectivity index (χ1n) is 11.7. The average Bonchev–Trinajstić information content (AvgIpc) is 3.09. The second-order valence-corrected chi connectivity index (χ2v) is 9.63. The van der Waals surface area contributed by atoms with E-state index >= 15 is 0 Å². The van der Waals surface area contributed by atoms with E-state index in [9.17, 15) is 9.59 Å². The summed E-state index contributed by atoms with van der Waals surface area (Å²) in [4.78, 5) is 29.2. The highest BCUT2D eigenvalue weighted by Crippen LogP contribution is 2.61. The van der Waals surface area contributed by atoms with Gasteiger partial charge in [0.15, 0.2) is 0 Å². The lowest BCUT2D eigenvalue weighted by atomic mass is 9.54. The van der Waals surface area contributed by atoms with Crippen LogP contribution in [-0.4, -0.2) is 11.8 Å². The molecule has 160 valence electrons. The van der Waals surface area contributed by atoms with Crippen molar-refractivity contribution in [1.82, 2.24) is 0 Å². The minimum absolute atomic E-state index is 0.0432. The summed E-state index contributed by atoms with van der Waals surface area (Å²) in [5.41, 5.74) is 7.92. The highest BCUT2D eigenvalue weighted by atomic mass is 16.2. The van der Waals surface area contributed by atoms with Gasteiger partial charge >= 0.3 is 0 Å². The predicted octanol–water partition coefficient (Wildman–Crippen LogP) is 5.91. The largest absolute Gasteiger partial charge is 0.274 e. The molecule has 0 unspecified atom stereocenters. The van der Waals surface area contributed by atoms with Crippen LogP contribution in [0.15, 0.2) is 66.7 Å². The van der Waals surface area contributed by atoms with Crippen LogP contribution >= 0.6 is 0 Å². The molecule has 3 heteroatoms. The van der Waals surface area contributed by atoms with Gasteiger partial charge in [0.2, 0.25) is 11.8 Å². The Kier molecular flexibility index (Phi) is 4.20. The van der Waals surface area contributed by atoms with Gasteiger partial charge in [-0.2, -0.15) is 0 Å². The quantitative estimate of drug-likeness (QED) is 0.493. The Morgan fingerprint density at radius 1 is 0.781 bits per heavy atom. The van der Waals surface area contributed by atoms with Gasteiger partial charge in [-0.15, -0.1) is 0 Å². The van der Waals surface area contributed by atoms with Gasteiger partial charge in [0, 0.05) is 11.8 Å². The summed E-state index contributed by atoms with van der Waals surface area (Å²) in [6, 6.07) is 22.9. The molecule has 2 bridgehead atoms. The number of para-hydroxylation sites is 1. The van der Waals surface area contributed by atoms with E-state index in [2.05, 4.69) is 56.3 Å². The smallest absolute Gasteiger partial charge is 0.238 e. The topological polar surface area (TPSA) is 37.4 Å². The Bertz CT molecular complexity index is 1280. The molecule has 3 aromatic carbocycles. The van der Waals surface area contributed by atoms with Gasteiger partial charge in [-0.25, -0.2) is 4.90 Å². The number of nitrogens with zero attached hydrogens (tertiary/aromatic N) is 1. The molecule has 3 aliphatic carbocycles. The van der Waals surface area contributed by atoms with E-state index < -0.39 is 0 Å². The van der Waals surface area contributed by atoms with Crippen molar-refractivity contribution < 1.29 is 9.59 Å². The normalized spacial score (nSPS) is 26.0. The van der Waals surface area contributed by atoms with Crippen LogP contribution in [0.25, 0.3) is 0 Å². The lowest BCUT2D eigenvalue weighted by Gasteiger charge is -2.46. The van der Waals surface area contributed by atoms with E-state index in [-0.39, 0.29) is 35.5 Å². The molecule has 0 saturated carbocycles. The van der Waals surface area contributed by atoms with Crippen molar-refractivity contribution >= 4 is 17.5 Å². The fourth-order valence-corrected chi connectivity index (χ4v) is 6.34. The van der Waals surface area contributed by atoms with E-state index in [0.29, 0.717) is 5.92 Å². The van der Waals surface area contributed by atoms with Gasteiger partial charge in [0.05, 0.1) is 17.5 Å². The molecule has 3 nitrogen and oxygen atoms in total. The van der Waals surface area contributed by atoms with Crippen molar-refractivity contribution in [2.24, 2.45) is 11.8 Å². The minimum Gasteiger partial charge on any atom is -0.274 e. The first-order chi connectivity index (χ1) is 15.5. The lowest BCUT2D eigenvalue weighted by molar-refractivity contribution is -0.122. The maximum atomic E-state index is 13.9. The van der Waals surface area contributed by atoms with Crippen LogP contribution in [0.1, 0.15) is 71.4 Å². The summed E-state index contributed by atoms with van der Waals surface area (Å²) in [7, 11) is 0. The molecular weight excluding hydrogens is 394 g/mol. The van der Waals surface area contributed by atoms with Crippen LogP contribution in [0.4, 0.5) is 5.69 Å². The van der Waals surface area contributed by atoms with E-state index in [1.165, 1.54) is 32.7 Å². The van der Waals surface area contributed by atoms with Crippen molar-refractivity contribution in [2.75, 3.05) is 4.90 Å². The third-order valence-electron chi connectivity index (χ3n) is 8.10. The first kappa shape index (κ1) is 19.5. The number of amides is 2. The summed E-state index contributed by atoms with van der Waals surface area (Å²) in [5.74, 6) is -0.408. The fraction of sp³-hybridized carbons (Fsp3) is 0.310. The number of imide groups is 1. The van der Waals surface area contributed by atoms with Crippen molar-refractivity contribution in [3.63, 3.8) is 0 Å². The average molecular weight is 422 g/mol. The molecule has 1 fully saturated rings. The predicted molar refractivity (Wildman–Crippen MR) is 126 cm³/mol. The first-order valence-corrected chi connectivity index (χ1v) is 11.7. The fourth-order valence-electron chi connectivity index (χ4n) is 6.34. The Labute approximate surface area is 189 Å². The number of aryl methyl sites for hydroxylation is 1. The Morgan fingerprint density at radius 2 is 1.34 bits per heavy atom. The molecule has 7 rings (SSSR count). The zero-order chi connectivity index (χ0) is 22.1. The van der Waals surface area contributed by atoms with Crippen LogP contribution in [-0.2, 0) is 9.59 Å². The van der Waals surface area contributed by atoms with Gasteiger partial charge in [0.1, 0.15) is 0 Å². The van der Waals surface area contributed by atoms with Crippen LogP contribution in [0.2, 0.25) is 0 Å². The number of hydrogen-bond donors (Lipinski definition) is 0. The van der Waals surface area contributed by atoms with Gasteiger partial charge in [-0.05, 0) is 58.7 Å². The van der Waals surface area contributed by atoms with Gasteiger partial charge in [-0.3, -0.25) is 9.59 Å². The third-order valence-corrected chi connectivity index (χ3v) is 8.10. The van der Waals surface area contributed by atoms with E-state index in [0.717, 1.165) is 17.7 Å². The summed E-state index contributed by atoms with van der Waals surface area (Å²) < 4.78 is 0. The molecule has 1 saturated heterocycles. The summed E-state index contributed by atoms with van der Waals surface area (Å²) >= 11 is 0. The number of carbonyl (C=O) groups is 2. The van der Waals surface area contributed by atoms with E-state index in [1.807, 2.05) is 31.2 Å². The number of rotatable bonds is 3. The molecule has 1 aliphatic heterocycles. The highest BCUT2D eigenvalue weighted by Gasteiger charge is 2.61. The maximum absolute atomic E-state index is 13.9. The molecule has 5 atom stereocenters. The van der Waals surface area contributed by atoms with Crippen LogP contribution in [0.3, 0.4) is 0 Å². The Hall–Kier alpha value is -3.20. The molecule has 0 spiro atoms. The molecule has 0 radical (unpaired) electrons. The van der Waals surface area contributed by atoms with Crippen LogP contribution < -0.4 is 4.90 Å². The highest BCUT2D eigenvalue weighted by molar-refractivity contribution is 6.23. The van der Waals surface area contributed by atoms with E-state index in [4.69, 9.17) is 0 Å². The van der Waals surface area contributed by atoms with Crippen LogP contribution in [0.5, 0.6) is 0 Å². The summed E-state index contributed by atoms with van der Waals surface area (Å²) in [6.45, 7) is 6.43. The Balaban J connectivity index is 1.56. The molecule has 32 heavy (non-hydrogen) atoms. The monoisotopic (exact) mass is 421 g/mol. The van der Waals surface area contributed by atoms with Crippen molar-refractivity contribution in [3.05, 3.63) is 100 Å². The van der Waals surface area contributed by atoms with Gasteiger partial charge < -0.3 is 0 Å². The molecule has 2 amide bonds. The van der Waals surface area contributed by atoms with Crippen molar-refractivity contribution in [3.8, 4) is 0 Å². The number of benzene rings is 3. The maximum Gasteiger partial charge on any atom is 0.238 e. The molecular formula is C29H27NO2. The lowest BCUT2D eigenvalue weighted by Crippen LogP contribution is -2.41. The van der Waals surface area contributed by atoms with Crippen molar-refractivity contribution in [2.45, 2.75) is 44.9 Å². The SMILES string of the molecule is CC[C@H](C)c1ccc2c(c1)[C@@H]1c3ccccc3[C@@H]2[C@@H]2C(=O)N(c3ccccc3C)C(=O)[C@H]12. The molecule has 0 N–H and O–H groups in total. The van der Waals surface area contributed by atoms with Crippen molar-refractivity contribution in [1.29, 1.82) is 0 Å². The molecule has 4 aliphatic rings. The summed E-state index contributed by atoms with van der Waals surface area (Å²) in [5, 5.41) is 0. The number of anilines is 1. The zero-order valence-corrected chi connectivity index (χ0v) is 18.7. The second-order valence-electron chi connectivity index (χ2n) is 9.63. The summed E-state index contributed by atoms with van der Waals surface area (Å²) in [6.07, 6.45) is 1.08. The molecule has 0 aromatic heterocycles. The third kappa shape index (κ3) is 2.42. The van der Waals surface area contributed by atoms with Crippen LogP contribution in [0, 0.1) is 18.8 Å². The van der Waals surface area contributed by atoms with Gasteiger partial charge in [0.25, 0.3) is 0 Å². The number of hydrogen-bond acceptors (Lipinski definition) is 2.